The van der Waals surface area contributed by atoms with Crippen molar-refractivity contribution in [1.82, 2.24) is 9.97 Å². The highest BCUT2D eigenvalue weighted by atomic mass is 79.9. The van der Waals surface area contributed by atoms with Gasteiger partial charge >= 0.3 is 5.97 Å². The van der Waals surface area contributed by atoms with Gasteiger partial charge in [0.25, 0.3) is 0 Å². The Morgan fingerprint density at radius 2 is 2.24 bits per heavy atom. The summed E-state index contributed by atoms with van der Waals surface area (Å²) in [6, 6.07) is 7.75. The third-order valence-electron chi connectivity index (χ3n) is 2.36. The topological polar surface area (TPSA) is 55.0 Å². The van der Waals surface area contributed by atoms with Crippen LogP contribution in [0.1, 0.15) is 16.3 Å². The van der Waals surface area contributed by atoms with Crippen LogP contribution in [-0.4, -0.2) is 23.0 Å². The van der Waals surface area contributed by atoms with Crippen LogP contribution in [-0.2, 0) is 4.74 Å². The standard InChI is InChI=1S/C12H11BrN2O2/c1-7-10(8-4-3-5-9(13)6-8)15-11(14-7)12(16)17-2/h3-6H,1-2H3,(H,14,15). The first-order valence-corrected chi connectivity index (χ1v) is 5.82. The van der Waals surface area contributed by atoms with Crippen LogP contribution in [0.2, 0.25) is 0 Å². The van der Waals surface area contributed by atoms with Gasteiger partial charge in [-0.2, -0.15) is 0 Å². The molecule has 0 spiro atoms. The van der Waals surface area contributed by atoms with E-state index in [1.165, 1.54) is 7.11 Å². The summed E-state index contributed by atoms with van der Waals surface area (Å²) in [4.78, 5) is 18.5. The SMILES string of the molecule is COC(=O)c1nc(-c2cccc(Br)c2)c(C)[nH]1. The number of halogens is 1. The Morgan fingerprint density at radius 1 is 1.47 bits per heavy atom. The van der Waals surface area contributed by atoms with E-state index in [-0.39, 0.29) is 5.82 Å². The maximum Gasteiger partial charge on any atom is 0.374 e. The summed E-state index contributed by atoms with van der Waals surface area (Å²) in [7, 11) is 1.33. The van der Waals surface area contributed by atoms with Gasteiger partial charge in [0.1, 0.15) is 0 Å². The van der Waals surface area contributed by atoms with Gasteiger partial charge in [-0.1, -0.05) is 28.1 Å². The van der Waals surface area contributed by atoms with Crippen LogP contribution in [0.5, 0.6) is 0 Å². The summed E-state index contributed by atoms with van der Waals surface area (Å²) in [5.74, 6) is -0.241. The molecule has 2 rings (SSSR count). The molecule has 0 fully saturated rings. The minimum absolute atomic E-state index is 0.222. The molecule has 17 heavy (non-hydrogen) atoms. The van der Waals surface area contributed by atoms with Crippen LogP contribution >= 0.6 is 15.9 Å². The summed E-state index contributed by atoms with van der Waals surface area (Å²) in [6.45, 7) is 1.87. The molecule has 2 aromatic rings. The maximum atomic E-state index is 11.4. The molecular formula is C12H11BrN2O2. The predicted octanol–water partition coefficient (Wildman–Crippen LogP) is 2.93. The number of H-pyrrole nitrogens is 1. The summed E-state index contributed by atoms with van der Waals surface area (Å²) >= 11 is 3.40. The zero-order chi connectivity index (χ0) is 12.4. The lowest BCUT2D eigenvalue weighted by molar-refractivity contribution is 0.0588. The highest BCUT2D eigenvalue weighted by Gasteiger charge is 2.14. The van der Waals surface area contributed by atoms with Crippen LogP contribution in [0.25, 0.3) is 11.3 Å². The molecule has 88 valence electrons. The van der Waals surface area contributed by atoms with E-state index in [4.69, 9.17) is 0 Å². The van der Waals surface area contributed by atoms with Crippen LogP contribution in [0, 0.1) is 6.92 Å². The molecule has 1 N–H and O–H groups in total. The van der Waals surface area contributed by atoms with Crippen LogP contribution in [0.3, 0.4) is 0 Å². The number of ether oxygens (including phenoxy) is 1. The lowest BCUT2D eigenvalue weighted by Gasteiger charge is -1.98. The number of aryl methyl sites for hydroxylation is 1. The summed E-state index contributed by atoms with van der Waals surface area (Å²) < 4.78 is 5.59. The van der Waals surface area contributed by atoms with Gasteiger partial charge in [0.2, 0.25) is 5.82 Å². The van der Waals surface area contributed by atoms with Gasteiger partial charge in [0, 0.05) is 15.7 Å². The average molecular weight is 295 g/mol. The number of aromatic amines is 1. The van der Waals surface area contributed by atoms with Crippen molar-refractivity contribution >= 4 is 21.9 Å². The van der Waals surface area contributed by atoms with Crippen molar-refractivity contribution in [2.24, 2.45) is 0 Å². The van der Waals surface area contributed by atoms with E-state index in [1.54, 1.807) is 0 Å². The van der Waals surface area contributed by atoms with E-state index >= 15 is 0 Å². The second-order valence-corrected chi connectivity index (χ2v) is 4.48. The molecule has 0 saturated heterocycles. The maximum absolute atomic E-state index is 11.4. The van der Waals surface area contributed by atoms with E-state index in [0.717, 1.165) is 21.4 Å². The Labute approximate surface area is 107 Å². The molecule has 0 radical (unpaired) electrons. The van der Waals surface area contributed by atoms with Crippen molar-refractivity contribution < 1.29 is 9.53 Å². The lowest BCUT2D eigenvalue weighted by Crippen LogP contribution is -2.03. The number of aromatic nitrogens is 2. The van der Waals surface area contributed by atoms with Gasteiger partial charge < -0.3 is 9.72 Å². The van der Waals surface area contributed by atoms with Crippen molar-refractivity contribution in [3.8, 4) is 11.3 Å². The quantitative estimate of drug-likeness (QED) is 0.867. The molecule has 5 heteroatoms. The summed E-state index contributed by atoms with van der Waals surface area (Å²) in [6.07, 6.45) is 0. The molecule has 4 nitrogen and oxygen atoms in total. The minimum Gasteiger partial charge on any atom is -0.463 e. The molecule has 1 aromatic heterocycles. The summed E-state index contributed by atoms with van der Waals surface area (Å²) in [5.41, 5.74) is 2.54. The first-order valence-electron chi connectivity index (χ1n) is 5.02. The molecule has 0 bridgehead atoms. The average Bonchev–Trinajstić information content (AvgIpc) is 2.70. The molecule has 0 aliphatic carbocycles. The van der Waals surface area contributed by atoms with E-state index in [2.05, 4.69) is 30.6 Å². The third kappa shape index (κ3) is 2.39. The highest BCUT2D eigenvalue weighted by Crippen LogP contribution is 2.24. The van der Waals surface area contributed by atoms with Crippen LogP contribution < -0.4 is 0 Å². The number of rotatable bonds is 2. The smallest absolute Gasteiger partial charge is 0.374 e. The van der Waals surface area contributed by atoms with Crippen molar-refractivity contribution in [3.05, 3.63) is 40.3 Å². The number of hydrogen-bond acceptors (Lipinski definition) is 3. The Kier molecular flexibility index (Phi) is 3.28. The molecule has 0 aliphatic heterocycles. The summed E-state index contributed by atoms with van der Waals surface area (Å²) in [5, 5.41) is 0. The largest absolute Gasteiger partial charge is 0.463 e. The number of benzene rings is 1. The van der Waals surface area contributed by atoms with Crippen molar-refractivity contribution in [1.29, 1.82) is 0 Å². The zero-order valence-electron chi connectivity index (χ0n) is 9.45. The molecule has 0 aliphatic rings. The van der Waals surface area contributed by atoms with Crippen LogP contribution in [0.4, 0.5) is 0 Å². The third-order valence-corrected chi connectivity index (χ3v) is 2.85. The van der Waals surface area contributed by atoms with E-state index in [9.17, 15) is 4.79 Å². The number of nitrogens with one attached hydrogen (secondary N) is 1. The predicted molar refractivity (Wildman–Crippen MR) is 67.8 cm³/mol. The Morgan fingerprint density at radius 3 is 2.88 bits per heavy atom. The van der Waals surface area contributed by atoms with Gasteiger partial charge in [0.15, 0.2) is 0 Å². The lowest BCUT2D eigenvalue weighted by atomic mass is 10.1. The van der Waals surface area contributed by atoms with E-state index < -0.39 is 5.97 Å². The molecule has 0 amide bonds. The fourth-order valence-corrected chi connectivity index (χ4v) is 1.97. The fourth-order valence-electron chi connectivity index (χ4n) is 1.57. The number of hydrogen-bond donors (Lipinski definition) is 1. The number of carbonyl (C=O) groups is 1. The normalized spacial score (nSPS) is 10.3. The Balaban J connectivity index is 2.46. The number of imidazole rings is 1. The van der Waals surface area contributed by atoms with Crippen molar-refractivity contribution in [3.63, 3.8) is 0 Å². The second kappa shape index (κ2) is 4.71. The van der Waals surface area contributed by atoms with Gasteiger partial charge in [0.05, 0.1) is 12.8 Å². The van der Waals surface area contributed by atoms with Crippen molar-refractivity contribution in [2.75, 3.05) is 7.11 Å². The second-order valence-electron chi connectivity index (χ2n) is 3.56. The molecule has 1 aromatic carbocycles. The van der Waals surface area contributed by atoms with E-state index in [1.807, 2.05) is 31.2 Å². The Bertz CT molecular complexity index is 563. The molecule has 0 unspecified atom stereocenters. The van der Waals surface area contributed by atoms with E-state index in [0.29, 0.717) is 0 Å². The first-order chi connectivity index (χ1) is 8.11. The fraction of sp³-hybridized carbons (Fsp3) is 0.167. The number of carbonyl (C=O) groups excluding carboxylic acids is 1. The van der Waals surface area contributed by atoms with Gasteiger partial charge in [-0.25, -0.2) is 9.78 Å². The molecule has 0 atom stereocenters. The monoisotopic (exact) mass is 294 g/mol. The zero-order valence-corrected chi connectivity index (χ0v) is 11.0. The van der Waals surface area contributed by atoms with Crippen molar-refractivity contribution in [2.45, 2.75) is 6.92 Å². The van der Waals surface area contributed by atoms with Gasteiger partial charge in [-0.3, -0.25) is 0 Å². The number of esters is 1. The van der Waals surface area contributed by atoms with Crippen LogP contribution in [0.15, 0.2) is 28.7 Å². The molecule has 1 heterocycles. The minimum atomic E-state index is -0.464. The first kappa shape index (κ1) is 11.9. The van der Waals surface area contributed by atoms with Gasteiger partial charge in [-0.05, 0) is 19.1 Å². The molecule has 0 saturated carbocycles. The van der Waals surface area contributed by atoms with Gasteiger partial charge in [-0.15, -0.1) is 0 Å². The highest BCUT2D eigenvalue weighted by molar-refractivity contribution is 9.10. The Hall–Kier alpha value is -1.62. The number of nitrogens with zero attached hydrogens (tertiary/aromatic N) is 1. The molecular weight excluding hydrogens is 284 g/mol. The number of methoxy groups -OCH3 is 1.